The van der Waals surface area contributed by atoms with Crippen LogP contribution in [0.2, 0.25) is 0 Å². The summed E-state index contributed by atoms with van der Waals surface area (Å²) in [6, 6.07) is 6.89. The highest BCUT2D eigenvalue weighted by Gasteiger charge is 2.39. The van der Waals surface area contributed by atoms with Crippen LogP contribution in [0.4, 0.5) is 5.82 Å². The van der Waals surface area contributed by atoms with E-state index in [0.717, 1.165) is 10.9 Å². The fraction of sp³-hybridized carbons (Fsp3) is 0.435. The zero-order valence-corrected chi connectivity index (χ0v) is 23.1. The number of nitrogens with zero attached hydrogens (tertiary/aromatic N) is 2. The van der Waals surface area contributed by atoms with E-state index >= 15 is 0 Å². The van der Waals surface area contributed by atoms with Gasteiger partial charge in [-0.3, -0.25) is 9.36 Å². The smallest absolute Gasteiger partial charge is 0.462 e. The summed E-state index contributed by atoms with van der Waals surface area (Å²) in [4.78, 5) is 28.3. The summed E-state index contributed by atoms with van der Waals surface area (Å²) in [6.07, 6.45) is 0.590. The van der Waals surface area contributed by atoms with Crippen LogP contribution in [-0.4, -0.2) is 40.6 Å². The first-order valence-corrected chi connectivity index (χ1v) is 13.9. The summed E-state index contributed by atoms with van der Waals surface area (Å²) in [6.45, 7) is 8.94. The van der Waals surface area contributed by atoms with Gasteiger partial charge in [-0.1, -0.05) is 35.9 Å². The molecule has 0 radical (unpaired) electrons. The van der Waals surface area contributed by atoms with Crippen LogP contribution >= 0.6 is 23.7 Å². The summed E-state index contributed by atoms with van der Waals surface area (Å²) < 4.78 is 43.6. The van der Waals surface area contributed by atoms with E-state index in [9.17, 15) is 14.2 Å². The lowest BCUT2D eigenvalue weighted by molar-refractivity contribution is -0.150. The van der Waals surface area contributed by atoms with Crippen LogP contribution in [0.25, 0.3) is 0 Å². The molecule has 14 heteroatoms. The lowest BCUT2D eigenvalue weighted by Crippen LogP contribution is -2.37. The van der Waals surface area contributed by atoms with Gasteiger partial charge in [0.15, 0.2) is 12.0 Å². The normalized spacial score (nSPS) is 20.4. The van der Waals surface area contributed by atoms with E-state index in [0.29, 0.717) is 6.42 Å². The van der Waals surface area contributed by atoms with Crippen LogP contribution in [0.15, 0.2) is 58.1 Å². The number of rotatable bonds is 12. The number of halogens is 1. The maximum absolute atomic E-state index is 13.8. The number of nitrogens with one attached hydrogen (secondary N) is 1. The van der Waals surface area contributed by atoms with E-state index in [4.69, 9.17) is 29.0 Å². The minimum Gasteiger partial charge on any atom is -0.462 e. The number of hydrogen-bond acceptors (Lipinski definition) is 10. The SMILES string of the molecule is C=C(O[P@@](=O)(N[C@@H](C)C(=O)O[C@@H](C)CCC)Oc1ccc(Br)cc1)[C@H]1OCC(n2ccc(N)nc2=O)O1. The van der Waals surface area contributed by atoms with Crippen molar-refractivity contribution in [2.45, 2.75) is 58.3 Å². The van der Waals surface area contributed by atoms with Crippen molar-refractivity contribution in [3.05, 3.63) is 63.8 Å². The highest BCUT2D eigenvalue weighted by molar-refractivity contribution is 9.10. The van der Waals surface area contributed by atoms with Gasteiger partial charge in [0.1, 0.15) is 17.6 Å². The molecule has 3 rings (SSSR count). The minimum atomic E-state index is -4.26. The molecule has 1 aliphatic rings. The van der Waals surface area contributed by atoms with Crippen molar-refractivity contribution in [2.75, 3.05) is 12.3 Å². The fourth-order valence-electron chi connectivity index (χ4n) is 3.31. The van der Waals surface area contributed by atoms with Gasteiger partial charge in [-0.2, -0.15) is 10.1 Å². The Labute approximate surface area is 222 Å². The number of hydrogen-bond donors (Lipinski definition) is 2. The maximum atomic E-state index is 13.8. The van der Waals surface area contributed by atoms with Crippen LogP contribution in [0, 0.1) is 0 Å². The van der Waals surface area contributed by atoms with E-state index in [1.807, 2.05) is 6.92 Å². The monoisotopic (exact) mass is 600 g/mol. The molecule has 1 unspecified atom stereocenters. The summed E-state index contributed by atoms with van der Waals surface area (Å²) >= 11 is 3.32. The van der Waals surface area contributed by atoms with Crippen molar-refractivity contribution in [2.24, 2.45) is 0 Å². The summed E-state index contributed by atoms with van der Waals surface area (Å²) in [5.41, 5.74) is 4.90. The number of aromatic nitrogens is 2. The molecule has 3 N–H and O–H groups in total. The molecule has 1 aromatic carbocycles. The molecule has 1 aromatic heterocycles. The minimum absolute atomic E-state index is 0.0398. The zero-order chi connectivity index (χ0) is 27.2. The molecule has 0 saturated carbocycles. The largest absolute Gasteiger partial charge is 0.513 e. The van der Waals surface area contributed by atoms with Crippen LogP contribution in [0.5, 0.6) is 5.75 Å². The first-order chi connectivity index (χ1) is 17.5. The topological polar surface area (TPSA) is 153 Å². The molecule has 1 saturated heterocycles. The molecular weight excluding hydrogens is 571 g/mol. The first kappa shape index (κ1) is 28.9. The lowest BCUT2D eigenvalue weighted by atomic mass is 10.2. The summed E-state index contributed by atoms with van der Waals surface area (Å²) in [5, 5.41) is 2.59. The van der Waals surface area contributed by atoms with Gasteiger partial charge in [0, 0.05) is 10.7 Å². The summed E-state index contributed by atoms with van der Waals surface area (Å²) in [5.74, 6) is -0.555. The van der Waals surface area contributed by atoms with Crippen molar-refractivity contribution in [3.8, 4) is 5.75 Å². The molecule has 1 fully saturated rings. The third-order valence-electron chi connectivity index (χ3n) is 5.09. The Morgan fingerprint density at radius 3 is 2.70 bits per heavy atom. The van der Waals surface area contributed by atoms with Gasteiger partial charge >= 0.3 is 19.4 Å². The number of anilines is 1. The van der Waals surface area contributed by atoms with E-state index in [1.165, 1.54) is 23.8 Å². The van der Waals surface area contributed by atoms with E-state index < -0.39 is 38.0 Å². The van der Waals surface area contributed by atoms with Gasteiger partial charge in [0.25, 0.3) is 0 Å². The molecule has 1 aliphatic heterocycles. The molecule has 2 aromatic rings. The number of esters is 1. The average Bonchev–Trinajstić information content (AvgIpc) is 3.30. The quantitative estimate of drug-likeness (QED) is 0.207. The van der Waals surface area contributed by atoms with Gasteiger partial charge in [-0.25, -0.2) is 9.36 Å². The molecule has 37 heavy (non-hydrogen) atoms. The standard InChI is InChI=1S/C23H30BrN4O8P/c1-5-6-14(2)33-21(29)15(3)27-37(31,36-18-9-7-17(24)8-10-18)35-16(4)22-32-13-20(34-22)28-12-11-19(25)26-23(28)30/h7-12,14-15,20,22H,4-6,13H2,1-3H3,(H,27,31)(H2,25,26,30)/t14-,15-,20?,22-,37-/m0/s1. The van der Waals surface area contributed by atoms with Crippen LogP contribution in [-0.2, 0) is 28.1 Å². The molecule has 0 bridgehead atoms. The number of carbonyl (C=O) groups excluding carboxylic acids is 1. The molecular formula is C23H30BrN4O8P. The third-order valence-corrected chi connectivity index (χ3v) is 7.25. The highest BCUT2D eigenvalue weighted by atomic mass is 79.9. The molecule has 2 heterocycles. The van der Waals surface area contributed by atoms with Gasteiger partial charge < -0.3 is 29.0 Å². The molecule has 5 atom stereocenters. The van der Waals surface area contributed by atoms with E-state index in [1.54, 1.807) is 31.2 Å². The maximum Gasteiger partial charge on any atom is 0.513 e. The number of nitrogen functional groups attached to an aromatic ring is 1. The van der Waals surface area contributed by atoms with Crippen LogP contribution in [0.1, 0.15) is 39.8 Å². The Kier molecular flexibility index (Phi) is 9.91. The number of nitrogens with two attached hydrogens (primary N) is 1. The Bertz CT molecular complexity index is 1210. The van der Waals surface area contributed by atoms with Crippen LogP contribution in [0.3, 0.4) is 0 Å². The Morgan fingerprint density at radius 1 is 1.35 bits per heavy atom. The van der Waals surface area contributed by atoms with E-state index in [2.05, 4.69) is 32.6 Å². The number of carbonyl (C=O) groups is 1. The third kappa shape index (κ3) is 8.14. The molecule has 0 aliphatic carbocycles. The molecule has 0 spiro atoms. The molecule has 202 valence electrons. The Morgan fingerprint density at radius 2 is 2.05 bits per heavy atom. The zero-order valence-electron chi connectivity index (χ0n) is 20.7. The van der Waals surface area contributed by atoms with E-state index in [-0.39, 0.29) is 30.0 Å². The second kappa shape index (κ2) is 12.7. The number of benzene rings is 1. The molecule has 12 nitrogen and oxygen atoms in total. The molecule has 0 amide bonds. The Hall–Kier alpha value is -2.70. The number of ether oxygens (including phenoxy) is 3. The fourth-order valence-corrected chi connectivity index (χ4v) is 5.09. The van der Waals surface area contributed by atoms with Crippen molar-refractivity contribution in [1.82, 2.24) is 14.6 Å². The van der Waals surface area contributed by atoms with Crippen molar-refractivity contribution < 1.29 is 32.6 Å². The Balaban J connectivity index is 1.73. The highest BCUT2D eigenvalue weighted by Crippen LogP contribution is 2.48. The predicted octanol–water partition coefficient (Wildman–Crippen LogP) is 3.89. The lowest BCUT2D eigenvalue weighted by Gasteiger charge is -2.25. The van der Waals surface area contributed by atoms with Gasteiger partial charge in [-0.05, 0) is 50.6 Å². The average molecular weight is 601 g/mol. The van der Waals surface area contributed by atoms with Crippen molar-refractivity contribution >= 4 is 35.5 Å². The van der Waals surface area contributed by atoms with Gasteiger partial charge in [-0.15, -0.1) is 0 Å². The second-order valence-corrected chi connectivity index (χ2v) is 10.8. The predicted molar refractivity (Wildman–Crippen MR) is 138 cm³/mol. The first-order valence-electron chi connectivity index (χ1n) is 11.5. The van der Waals surface area contributed by atoms with Crippen LogP contribution < -0.4 is 21.0 Å². The van der Waals surface area contributed by atoms with Gasteiger partial charge in [0.05, 0.1) is 12.7 Å². The summed E-state index contributed by atoms with van der Waals surface area (Å²) in [7, 11) is -4.26. The second-order valence-electron chi connectivity index (χ2n) is 8.29. The van der Waals surface area contributed by atoms with Crippen molar-refractivity contribution in [3.63, 3.8) is 0 Å². The van der Waals surface area contributed by atoms with Gasteiger partial charge in [0.2, 0.25) is 6.29 Å². The van der Waals surface area contributed by atoms with Crippen molar-refractivity contribution in [1.29, 1.82) is 0 Å².